The normalized spacial score (nSPS) is 11.7. The summed E-state index contributed by atoms with van der Waals surface area (Å²) >= 11 is 0. The zero-order valence-corrected chi connectivity index (χ0v) is 21.3. The minimum Gasteiger partial charge on any atom is -0.507 e. The first-order chi connectivity index (χ1) is 19.4. The molecule has 4 aromatic carbocycles. The lowest BCUT2D eigenvalue weighted by molar-refractivity contribution is -0.386. The van der Waals surface area contributed by atoms with Crippen molar-refractivity contribution in [2.45, 2.75) is 9.79 Å². The first kappa shape index (κ1) is 28.2. The van der Waals surface area contributed by atoms with Crippen LogP contribution in [0.15, 0.2) is 92.6 Å². The van der Waals surface area contributed by atoms with Gasteiger partial charge in [-0.2, -0.15) is 0 Å². The van der Waals surface area contributed by atoms with Gasteiger partial charge in [-0.3, -0.25) is 30.2 Å². The van der Waals surface area contributed by atoms with Crippen LogP contribution in [-0.2, 0) is 9.84 Å². The summed E-state index contributed by atoms with van der Waals surface area (Å²) in [7, 11) is -3.95. The Morgan fingerprint density at radius 2 is 0.927 bits per heavy atom. The molecule has 0 unspecified atom stereocenters. The second-order valence-corrected chi connectivity index (χ2v) is 10.3. The van der Waals surface area contributed by atoms with Crippen molar-refractivity contribution in [3.05, 3.63) is 104 Å². The number of benzene rings is 4. The number of phenols is 4. The third-order valence-electron chi connectivity index (χ3n) is 5.64. The predicted octanol–water partition coefficient (Wildman–Crippen LogP) is 4.66. The smallest absolute Gasteiger partial charge is 0.311 e. The van der Waals surface area contributed by atoms with Crippen LogP contribution in [0.4, 0.5) is 22.7 Å². The molecule has 0 fully saturated rings. The van der Waals surface area contributed by atoms with Gasteiger partial charge in [0.25, 0.3) is 0 Å². The summed E-state index contributed by atoms with van der Waals surface area (Å²) in [5.41, 5.74) is -0.752. The van der Waals surface area contributed by atoms with E-state index in [1.807, 2.05) is 0 Å². The van der Waals surface area contributed by atoms with Crippen LogP contribution in [0.3, 0.4) is 0 Å². The van der Waals surface area contributed by atoms with E-state index in [9.17, 15) is 49.1 Å². The lowest BCUT2D eigenvalue weighted by Crippen LogP contribution is -2.01. The Balaban J connectivity index is 1.51. The van der Waals surface area contributed by atoms with Crippen LogP contribution in [-0.4, -0.2) is 51.1 Å². The van der Waals surface area contributed by atoms with Crippen LogP contribution in [0.25, 0.3) is 0 Å². The zero-order valence-electron chi connectivity index (χ0n) is 20.5. The number of nitro benzene ring substituents is 2. The van der Waals surface area contributed by atoms with E-state index in [1.165, 1.54) is 48.5 Å². The summed E-state index contributed by atoms with van der Waals surface area (Å²) in [4.78, 5) is 28.4. The van der Waals surface area contributed by atoms with Crippen LogP contribution in [0.2, 0.25) is 0 Å². The van der Waals surface area contributed by atoms with E-state index in [2.05, 4.69) is 9.98 Å². The molecule has 0 aliphatic carbocycles. The molecule has 0 amide bonds. The molecule has 0 radical (unpaired) electrons. The van der Waals surface area contributed by atoms with Gasteiger partial charge in [0.05, 0.1) is 31.0 Å². The van der Waals surface area contributed by atoms with E-state index in [0.717, 1.165) is 36.7 Å². The molecular formula is C26H18N4O10S. The van der Waals surface area contributed by atoms with Gasteiger partial charge < -0.3 is 20.4 Å². The van der Waals surface area contributed by atoms with Gasteiger partial charge in [0.1, 0.15) is 11.5 Å². The molecule has 4 aromatic rings. The first-order valence-corrected chi connectivity index (χ1v) is 12.8. The number of rotatable bonds is 8. The molecule has 14 nitrogen and oxygen atoms in total. The number of aromatic hydroxyl groups is 4. The van der Waals surface area contributed by atoms with Crippen molar-refractivity contribution in [3.8, 4) is 23.0 Å². The monoisotopic (exact) mass is 578 g/mol. The van der Waals surface area contributed by atoms with Gasteiger partial charge in [-0.05, 0) is 48.5 Å². The summed E-state index contributed by atoms with van der Waals surface area (Å²) < 4.78 is 26.1. The van der Waals surface area contributed by atoms with Crippen molar-refractivity contribution >= 4 is 45.0 Å². The average Bonchev–Trinajstić information content (AvgIpc) is 2.92. The average molecular weight is 579 g/mol. The zero-order chi connectivity index (χ0) is 29.9. The largest absolute Gasteiger partial charge is 0.507 e. The number of phenolic OH excluding ortho intramolecular Hbond substituents is 4. The van der Waals surface area contributed by atoms with E-state index in [4.69, 9.17) is 0 Å². The van der Waals surface area contributed by atoms with Crippen LogP contribution >= 0.6 is 0 Å². The highest BCUT2D eigenvalue weighted by Gasteiger charge is 2.19. The molecule has 15 heteroatoms. The number of sulfone groups is 1. The number of aliphatic imine (C=N–C) groups is 2. The summed E-state index contributed by atoms with van der Waals surface area (Å²) in [5, 5.41) is 60.9. The fraction of sp³-hybridized carbons (Fsp3) is 0. The second kappa shape index (κ2) is 11.1. The lowest BCUT2D eigenvalue weighted by Gasteiger charge is -2.06. The molecule has 0 saturated heterocycles. The summed E-state index contributed by atoms with van der Waals surface area (Å²) in [6.07, 6.45) is 2.25. The highest BCUT2D eigenvalue weighted by Crippen LogP contribution is 2.34. The summed E-state index contributed by atoms with van der Waals surface area (Å²) in [6.45, 7) is 0. The van der Waals surface area contributed by atoms with Gasteiger partial charge in [-0.25, -0.2) is 8.42 Å². The Labute approximate surface area is 230 Å². The standard InChI is InChI=1S/C26H18N4O10S/c31-23-11-25(33)21(29(35)36)9-15(23)13-27-17-1-5-19(6-2-17)41(39,40)20-7-3-18(4-8-20)28-14-16-10-22(30(37)38)26(34)12-24(16)32/h1-14,31-34H. The maximum Gasteiger partial charge on any atom is 0.311 e. The van der Waals surface area contributed by atoms with Crippen molar-refractivity contribution in [3.63, 3.8) is 0 Å². The van der Waals surface area contributed by atoms with E-state index in [0.29, 0.717) is 0 Å². The van der Waals surface area contributed by atoms with Crippen molar-refractivity contribution in [2.75, 3.05) is 0 Å². The molecule has 0 aliphatic heterocycles. The number of hydrogen-bond donors (Lipinski definition) is 4. The lowest BCUT2D eigenvalue weighted by atomic mass is 10.1. The number of hydrogen-bond acceptors (Lipinski definition) is 12. The fourth-order valence-corrected chi connectivity index (χ4v) is 4.77. The Hall–Kier alpha value is -5.83. The summed E-state index contributed by atoms with van der Waals surface area (Å²) in [6, 6.07) is 14.3. The molecule has 0 spiro atoms. The maximum absolute atomic E-state index is 13.1. The SMILES string of the molecule is O=[N+]([O-])c1cc(C=Nc2ccc(S(=O)(=O)c3ccc(N=Cc4cc([N+](=O)[O-])c(O)cc4O)cc3)cc2)c(O)cc1O. The molecule has 41 heavy (non-hydrogen) atoms. The molecule has 0 saturated carbocycles. The predicted molar refractivity (Wildman–Crippen MR) is 146 cm³/mol. The summed E-state index contributed by atoms with van der Waals surface area (Å²) in [5.74, 6) is -2.29. The second-order valence-electron chi connectivity index (χ2n) is 8.32. The van der Waals surface area contributed by atoms with E-state index < -0.39 is 54.1 Å². The van der Waals surface area contributed by atoms with Gasteiger partial charge in [0.15, 0.2) is 11.5 Å². The fourth-order valence-electron chi connectivity index (χ4n) is 3.51. The topological polar surface area (TPSA) is 226 Å². The molecule has 0 aromatic heterocycles. The Bertz CT molecular complexity index is 1710. The molecule has 4 rings (SSSR count). The Morgan fingerprint density at radius 3 is 1.24 bits per heavy atom. The van der Waals surface area contributed by atoms with Crippen LogP contribution in [0.5, 0.6) is 23.0 Å². The van der Waals surface area contributed by atoms with Gasteiger partial charge in [0.2, 0.25) is 9.84 Å². The minimum atomic E-state index is -3.95. The molecule has 0 heterocycles. The Morgan fingerprint density at radius 1 is 0.585 bits per heavy atom. The van der Waals surface area contributed by atoms with Gasteiger partial charge in [-0.15, -0.1) is 0 Å². The number of nitro groups is 2. The van der Waals surface area contributed by atoms with E-state index >= 15 is 0 Å². The molecule has 0 bridgehead atoms. The van der Waals surface area contributed by atoms with Crippen molar-refractivity contribution < 1.29 is 38.7 Å². The maximum atomic E-state index is 13.1. The van der Waals surface area contributed by atoms with Crippen molar-refractivity contribution in [2.24, 2.45) is 9.98 Å². The third-order valence-corrected chi connectivity index (χ3v) is 7.43. The molecular weight excluding hydrogens is 560 g/mol. The first-order valence-electron chi connectivity index (χ1n) is 11.3. The third kappa shape index (κ3) is 6.10. The Kier molecular flexibility index (Phi) is 7.64. The van der Waals surface area contributed by atoms with Crippen molar-refractivity contribution in [1.82, 2.24) is 0 Å². The van der Waals surface area contributed by atoms with Crippen LogP contribution < -0.4 is 0 Å². The molecule has 0 aliphatic rings. The van der Waals surface area contributed by atoms with Gasteiger partial charge in [-0.1, -0.05) is 0 Å². The van der Waals surface area contributed by atoms with Gasteiger partial charge >= 0.3 is 11.4 Å². The van der Waals surface area contributed by atoms with E-state index in [-0.39, 0.29) is 32.3 Å². The quantitative estimate of drug-likeness (QED) is 0.128. The van der Waals surface area contributed by atoms with Crippen molar-refractivity contribution in [1.29, 1.82) is 0 Å². The van der Waals surface area contributed by atoms with E-state index in [1.54, 1.807) is 0 Å². The van der Waals surface area contributed by atoms with Gasteiger partial charge in [0, 0.05) is 47.8 Å². The highest BCUT2D eigenvalue weighted by molar-refractivity contribution is 7.91. The minimum absolute atomic E-state index is 0.0344. The molecule has 0 atom stereocenters. The highest BCUT2D eigenvalue weighted by atomic mass is 32.2. The number of nitrogens with zero attached hydrogens (tertiary/aromatic N) is 4. The van der Waals surface area contributed by atoms with Crippen LogP contribution in [0.1, 0.15) is 11.1 Å². The molecule has 4 N–H and O–H groups in total. The molecule has 208 valence electrons. The van der Waals surface area contributed by atoms with Crippen LogP contribution in [0, 0.1) is 20.2 Å².